The number of hydrogen-bond donors (Lipinski definition) is 0. The van der Waals surface area contributed by atoms with Crippen LogP contribution >= 0.6 is 11.3 Å². The molecule has 35 heavy (non-hydrogen) atoms. The molecule has 0 unspecified atom stereocenters. The van der Waals surface area contributed by atoms with Crippen LogP contribution in [-0.2, 0) is 11.3 Å². The highest BCUT2D eigenvalue weighted by atomic mass is 32.1. The summed E-state index contributed by atoms with van der Waals surface area (Å²) in [5, 5.41) is 21.0. The quantitative estimate of drug-likeness (QED) is 0.389. The second kappa shape index (κ2) is 10.0. The van der Waals surface area contributed by atoms with Crippen molar-refractivity contribution in [3.63, 3.8) is 0 Å². The van der Waals surface area contributed by atoms with Gasteiger partial charge in [0.15, 0.2) is 0 Å². The number of nitrogens with zero attached hydrogens (tertiary/aromatic N) is 3. The fraction of sp³-hybridized carbons (Fsp3) is 0.192. The Balaban J connectivity index is 1.49. The number of furan rings is 1. The van der Waals surface area contributed by atoms with Gasteiger partial charge in [0.2, 0.25) is 5.88 Å². The monoisotopic (exact) mass is 486 g/mol. The van der Waals surface area contributed by atoms with Gasteiger partial charge in [0.25, 0.3) is 0 Å². The van der Waals surface area contributed by atoms with Crippen LogP contribution in [0.1, 0.15) is 20.1 Å². The van der Waals surface area contributed by atoms with E-state index in [4.69, 9.17) is 13.9 Å². The zero-order valence-electron chi connectivity index (χ0n) is 18.6. The van der Waals surface area contributed by atoms with Crippen LogP contribution in [0.5, 0.6) is 5.88 Å². The lowest BCUT2D eigenvalue weighted by Gasteiger charge is -2.28. The van der Waals surface area contributed by atoms with Gasteiger partial charge < -0.3 is 28.7 Å². The lowest BCUT2D eigenvalue weighted by atomic mass is 10.0. The molecule has 0 radical (unpaired) electrons. The van der Waals surface area contributed by atoms with Crippen molar-refractivity contribution in [2.45, 2.75) is 6.61 Å². The number of benzene rings is 1. The van der Waals surface area contributed by atoms with Crippen LogP contribution in [-0.4, -0.2) is 37.3 Å². The molecule has 1 fully saturated rings. The molecule has 0 N–H and O–H groups in total. The minimum absolute atomic E-state index is 0.0733. The number of carbonyl (C=O) groups is 1. The van der Waals surface area contributed by atoms with Gasteiger partial charge in [-0.1, -0.05) is 12.1 Å². The first kappa shape index (κ1) is 22.7. The summed E-state index contributed by atoms with van der Waals surface area (Å²) in [5.41, 5.74) is 4.27. The Morgan fingerprint density at radius 1 is 1.14 bits per heavy atom. The molecule has 0 aliphatic carbocycles. The molecule has 3 aromatic heterocycles. The number of morpholine rings is 1. The minimum atomic E-state index is -1.23. The van der Waals surface area contributed by atoms with Crippen molar-refractivity contribution in [1.29, 1.82) is 5.26 Å². The van der Waals surface area contributed by atoms with E-state index in [1.165, 1.54) is 6.07 Å². The molecule has 5 rings (SSSR count). The maximum atomic E-state index is 11.1. The fourth-order valence-electron chi connectivity index (χ4n) is 3.90. The number of hydrogen-bond acceptors (Lipinski definition) is 9. The lowest BCUT2D eigenvalue weighted by molar-refractivity contribution is -0.254. The van der Waals surface area contributed by atoms with Crippen LogP contribution in [0.15, 0.2) is 65.5 Å². The Morgan fingerprint density at radius 2 is 1.94 bits per heavy atom. The number of carbonyl (C=O) groups excluding carboxylic acids is 1. The summed E-state index contributed by atoms with van der Waals surface area (Å²) in [7, 11) is 0. The standard InChI is InChI=1S/C26H21N3O5S/c27-14-22-21(18-7-10-33-15-18)13-23(17-1-3-19(4-2-17)29-8-11-32-12-9-29)28-25(22)34-16-20-5-6-24(35-20)26(30)31/h1-7,10,13,15H,8-9,11-12,16H2,(H,30,31)/p-1. The summed E-state index contributed by atoms with van der Waals surface area (Å²) in [4.78, 5) is 18.8. The van der Waals surface area contributed by atoms with Crippen LogP contribution in [0.4, 0.5) is 5.69 Å². The molecule has 1 aliphatic heterocycles. The zero-order chi connectivity index (χ0) is 24.2. The van der Waals surface area contributed by atoms with Crippen molar-refractivity contribution < 1.29 is 23.8 Å². The molecule has 1 aliphatic rings. The molecule has 1 aromatic carbocycles. The predicted octanol–water partition coefficient (Wildman–Crippen LogP) is 3.72. The van der Waals surface area contributed by atoms with Crippen molar-refractivity contribution in [3.05, 3.63) is 76.4 Å². The second-order valence-corrected chi connectivity index (χ2v) is 9.02. The van der Waals surface area contributed by atoms with Crippen molar-refractivity contribution in [2.24, 2.45) is 0 Å². The molecule has 1 saturated heterocycles. The third kappa shape index (κ3) is 4.89. The Morgan fingerprint density at radius 3 is 2.60 bits per heavy atom. The van der Waals surface area contributed by atoms with Gasteiger partial charge in [-0.15, -0.1) is 11.3 Å². The molecule has 0 atom stereocenters. The largest absolute Gasteiger partial charge is 0.544 e. The number of rotatable bonds is 7. The molecular formula is C26H20N3O5S-. The van der Waals surface area contributed by atoms with E-state index in [1.54, 1.807) is 24.7 Å². The first-order valence-corrected chi connectivity index (χ1v) is 11.8. The Bertz CT molecular complexity index is 1370. The third-order valence-corrected chi connectivity index (χ3v) is 6.72. The third-order valence-electron chi connectivity index (χ3n) is 5.68. The van der Waals surface area contributed by atoms with E-state index in [2.05, 4.69) is 16.0 Å². The average Bonchev–Trinajstić information content (AvgIpc) is 3.60. The fourth-order valence-corrected chi connectivity index (χ4v) is 4.65. The highest BCUT2D eigenvalue weighted by Gasteiger charge is 2.18. The zero-order valence-corrected chi connectivity index (χ0v) is 19.4. The summed E-state index contributed by atoms with van der Waals surface area (Å²) in [6.07, 6.45) is 3.11. The Hall–Kier alpha value is -4.13. The van der Waals surface area contributed by atoms with E-state index < -0.39 is 5.97 Å². The molecule has 4 aromatic rings. The highest BCUT2D eigenvalue weighted by Crippen LogP contribution is 2.35. The van der Waals surface area contributed by atoms with E-state index in [-0.39, 0.29) is 22.9 Å². The van der Waals surface area contributed by atoms with Crippen molar-refractivity contribution in [2.75, 3.05) is 31.2 Å². The first-order chi connectivity index (χ1) is 17.1. The van der Waals surface area contributed by atoms with Crippen molar-refractivity contribution in [1.82, 2.24) is 4.98 Å². The molecule has 0 amide bonds. The van der Waals surface area contributed by atoms with Crippen LogP contribution in [0.25, 0.3) is 22.4 Å². The summed E-state index contributed by atoms with van der Waals surface area (Å²) < 4.78 is 16.6. The van der Waals surface area contributed by atoms with E-state index >= 15 is 0 Å². The van der Waals surface area contributed by atoms with Crippen LogP contribution in [0, 0.1) is 11.3 Å². The lowest BCUT2D eigenvalue weighted by Crippen LogP contribution is -2.36. The minimum Gasteiger partial charge on any atom is -0.544 e. The number of aromatic carboxylic acids is 1. The number of pyridine rings is 1. The second-order valence-electron chi connectivity index (χ2n) is 7.85. The molecule has 4 heterocycles. The molecular weight excluding hydrogens is 466 g/mol. The average molecular weight is 487 g/mol. The van der Waals surface area contributed by atoms with E-state index in [0.717, 1.165) is 41.2 Å². The van der Waals surface area contributed by atoms with Gasteiger partial charge in [-0.3, -0.25) is 0 Å². The number of aromatic nitrogens is 1. The van der Waals surface area contributed by atoms with Gasteiger partial charge in [0, 0.05) is 40.3 Å². The number of carboxylic acid groups (broad SMARTS) is 1. The van der Waals surface area contributed by atoms with Gasteiger partial charge >= 0.3 is 0 Å². The highest BCUT2D eigenvalue weighted by molar-refractivity contribution is 7.13. The van der Waals surface area contributed by atoms with Gasteiger partial charge in [0.05, 0.1) is 42.3 Å². The number of carboxylic acids is 1. The molecule has 176 valence electrons. The van der Waals surface area contributed by atoms with Gasteiger partial charge in [0.1, 0.15) is 18.2 Å². The number of nitriles is 1. The molecule has 0 spiro atoms. The SMILES string of the molecule is N#Cc1c(-c2ccoc2)cc(-c2ccc(N3CCOCC3)cc2)nc1OCc1ccc(C(=O)[O-])s1. The van der Waals surface area contributed by atoms with Gasteiger partial charge in [-0.05, 0) is 36.4 Å². The Labute approximate surface area is 205 Å². The van der Waals surface area contributed by atoms with E-state index in [1.807, 2.05) is 30.3 Å². The smallest absolute Gasteiger partial charge is 0.233 e. The van der Waals surface area contributed by atoms with Gasteiger partial charge in [-0.25, -0.2) is 4.98 Å². The predicted molar refractivity (Wildman–Crippen MR) is 128 cm³/mol. The topological polar surface area (TPSA) is 112 Å². The number of ether oxygens (including phenoxy) is 2. The van der Waals surface area contributed by atoms with E-state index in [9.17, 15) is 15.2 Å². The van der Waals surface area contributed by atoms with E-state index in [0.29, 0.717) is 29.3 Å². The molecule has 8 nitrogen and oxygen atoms in total. The summed E-state index contributed by atoms with van der Waals surface area (Å²) in [5.74, 6) is -1.07. The van der Waals surface area contributed by atoms with Crippen LogP contribution < -0.4 is 14.7 Å². The summed E-state index contributed by atoms with van der Waals surface area (Å²) >= 11 is 1.07. The van der Waals surface area contributed by atoms with Crippen LogP contribution in [0.3, 0.4) is 0 Å². The number of thiophene rings is 1. The van der Waals surface area contributed by atoms with Crippen molar-refractivity contribution >= 4 is 23.0 Å². The van der Waals surface area contributed by atoms with Crippen molar-refractivity contribution in [3.8, 4) is 34.3 Å². The summed E-state index contributed by atoms with van der Waals surface area (Å²) in [6.45, 7) is 3.19. The Kier molecular flexibility index (Phi) is 6.48. The van der Waals surface area contributed by atoms with Gasteiger partial charge in [-0.2, -0.15) is 5.26 Å². The molecule has 0 bridgehead atoms. The maximum Gasteiger partial charge on any atom is 0.233 e. The molecule has 9 heteroatoms. The maximum absolute atomic E-state index is 11.1. The van der Waals surface area contributed by atoms with Crippen LogP contribution in [0.2, 0.25) is 0 Å². The molecule has 0 saturated carbocycles. The number of anilines is 1. The normalized spacial score (nSPS) is 13.4. The first-order valence-electron chi connectivity index (χ1n) is 11.0. The summed E-state index contributed by atoms with van der Waals surface area (Å²) in [6, 6.07) is 17.0.